The number of imide groups is 1. The summed E-state index contributed by atoms with van der Waals surface area (Å²) in [5, 5.41) is 24.7. The van der Waals surface area contributed by atoms with E-state index in [4.69, 9.17) is 16.3 Å². The third-order valence-electron chi connectivity index (χ3n) is 13.4. The molecule has 3 N–H and O–H groups in total. The fourth-order valence-electron chi connectivity index (χ4n) is 10.1. The average molecular weight is 839 g/mol. The number of amides is 3. The summed E-state index contributed by atoms with van der Waals surface area (Å²) in [5.74, 6) is 0.634. The van der Waals surface area contributed by atoms with Gasteiger partial charge in [0.05, 0.1) is 22.9 Å². The number of alkyl halides is 2. The number of ether oxygens (including phenoxy) is 1. The molecule has 3 atom stereocenters. The minimum Gasteiger partial charge on any atom is -0.506 e. The van der Waals surface area contributed by atoms with Gasteiger partial charge < -0.3 is 29.9 Å². The van der Waals surface area contributed by atoms with Crippen LogP contribution in [0.2, 0.25) is 5.02 Å². The summed E-state index contributed by atoms with van der Waals surface area (Å²) in [6.45, 7) is 5.17. The molecule has 3 aromatic carbocycles. The molecule has 10 rings (SSSR count). The first kappa shape index (κ1) is 38.6. The number of nitrogens with zero attached hydrogens (tertiary/aromatic N) is 6. The minimum absolute atomic E-state index is 0.00487. The maximum Gasteiger partial charge on any atom is 0.263 e. The van der Waals surface area contributed by atoms with E-state index in [9.17, 15) is 19.5 Å². The lowest BCUT2D eigenvalue weighted by Gasteiger charge is -2.43. The number of piperidine rings is 2. The van der Waals surface area contributed by atoms with Gasteiger partial charge in [-0.2, -0.15) is 0 Å². The van der Waals surface area contributed by atoms with Crippen LogP contribution in [0.5, 0.6) is 11.5 Å². The summed E-state index contributed by atoms with van der Waals surface area (Å²) < 4.78 is 36.5. The van der Waals surface area contributed by atoms with Crippen molar-refractivity contribution in [2.24, 2.45) is 5.92 Å². The van der Waals surface area contributed by atoms with E-state index in [1.165, 1.54) is 11.1 Å². The highest BCUT2D eigenvalue weighted by molar-refractivity contribution is 6.32. The quantitative estimate of drug-likeness (QED) is 0.190. The molecule has 0 radical (unpaired) electrons. The van der Waals surface area contributed by atoms with Crippen LogP contribution >= 0.6 is 11.6 Å². The minimum atomic E-state index is -2.66. The van der Waals surface area contributed by atoms with Gasteiger partial charge in [-0.25, -0.2) is 8.78 Å². The number of rotatable bonds is 8. The van der Waals surface area contributed by atoms with Gasteiger partial charge in [0.2, 0.25) is 11.8 Å². The van der Waals surface area contributed by atoms with Crippen LogP contribution < -0.4 is 25.2 Å². The first-order chi connectivity index (χ1) is 29.0. The average Bonchev–Trinajstić information content (AvgIpc) is 3.79. The smallest absolute Gasteiger partial charge is 0.263 e. The second-order valence-electron chi connectivity index (χ2n) is 17.0. The van der Waals surface area contributed by atoms with Crippen molar-refractivity contribution in [3.63, 3.8) is 0 Å². The van der Waals surface area contributed by atoms with E-state index in [-0.39, 0.29) is 48.5 Å². The molecule has 4 aromatic rings. The highest BCUT2D eigenvalue weighted by Crippen LogP contribution is 2.47. The lowest BCUT2D eigenvalue weighted by atomic mass is 9.93. The second kappa shape index (κ2) is 15.2. The Hall–Kier alpha value is -5.54. The van der Waals surface area contributed by atoms with Gasteiger partial charge in [-0.05, 0) is 90.8 Å². The molecule has 7 heterocycles. The van der Waals surface area contributed by atoms with Crippen molar-refractivity contribution < 1.29 is 33.0 Å². The summed E-state index contributed by atoms with van der Waals surface area (Å²) >= 11 is 6.15. The van der Waals surface area contributed by atoms with E-state index < -0.39 is 30.0 Å². The Balaban J connectivity index is 0.747. The van der Waals surface area contributed by atoms with Gasteiger partial charge in [-0.3, -0.25) is 24.6 Å². The number of phenolic OH excluding ortho intramolecular Hbond substituents is 1. The second-order valence-corrected chi connectivity index (χ2v) is 17.4. The lowest BCUT2D eigenvalue weighted by Crippen LogP contribution is -2.57. The third-order valence-corrected chi connectivity index (χ3v) is 13.7. The summed E-state index contributed by atoms with van der Waals surface area (Å²) in [6.07, 6.45) is 0.512. The Morgan fingerprint density at radius 2 is 1.75 bits per heavy atom. The zero-order valence-electron chi connectivity index (χ0n) is 32.9. The van der Waals surface area contributed by atoms with Crippen LogP contribution in [-0.4, -0.2) is 106 Å². The molecule has 0 spiro atoms. The number of carbonyl (C=O) groups excluding carboxylic acids is 3. The Kier molecular flexibility index (Phi) is 9.78. The number of aromatic nitrogens is 2. The third kappa shape index (κ3) is 6.85. The molecule has 0 aliphatic carbocycles. The number of phenols is 1. The van der Waals surface area contributed by atoms with Crippen molar-refractivity contribution in [1.82, 2.24) is 25.3 Å². The number of benzene rings is 3. The molecule has 6 aliphatic heterocycles. The molecule has 0 bridgehead atoms. The van der Waals surface area contributed by atoms with Crippen LogP contribution in [0.15, 0.2) is 60.7 Å². The van der Waals surface area contributed by atoms with E-state index in [0.717, 1.165) is 63.2 Å². The molecule has 3 amide bonds. The van der Waals surface area contributed by atoms with Gasteiger partial charge in [-0.15, -0.1) is 10.2 Å². The Labute approximate surface area is 350 Å². The van der Waals surface area contributed by atoms with Crippen LogP contribution in [-0.2, 0) is 29.1 Å². The van der Waals surface area contributed by atoms with E-state index in [2.05, 4.69) is 48.8 Å². The zero-order chi connectivity index (χ0) is 41.3. The van der Waals surface area contributed by atoms with Crippen molar-refractivity contribution in [2.45, 2.75) is 75.7 Å². The van der Waals surface area contributed by atoms with Crippen molar-refractivity contribution >= 4 is 46.5 Å². The summed E-state index contributed by atoms with van der Waals surface area (Å²) in [7, 11) is 0. The number of para-hydroxylation sites is 1. The molecule has 16 heteroatoms. The predicted molar refractivity (Wildman–Crippen MR) is 221 cm³/mol. The molecule has 0 unspecified atom stereocenters. The van der Waals surface area contributed by atoms with Crippen LogP contribution in [0.25, 0.3) is 11.3 Å². The first-order valence-corrected chi connectivity index (χ1v) is 21.1. The zero-order valence-corrected chi connectivity index (χ0v) is 33.6. The fourth-order valence-corrected chi connectivity index (χ4v) is 10.3. The predicted octanol–water partition coefficient (Wildman–Crippen LogP) is 5.63. The fraction of sp³-hybridized carbons (Fsp3) is 0.432. The van der Waals surface area contributed by atoms with Crippen LogP contribution in [0, 0.1) is 5.92 Å². The molecule has 312 valence electrons. The van der Waals surface area contributed by atoms with Crippen molar-refractivity contribution in [3.05, 3.63) is 87.9 Å². The monoisotopic (exact) mass is 838 g/mol. The summed E-state index contributed by atoms with van der Waals surface area (Å²) in [5.41, 5.74) is 4.72. The first-order valence-electron chi connectivity index (χ1n) is 20.7. The van der Waals surface area contributed by atoms with E-state index in [0.29, 0.717) is 53.0 Å². The van der Waals surface area contributed by atoms with Crippen molar-refractivity contribution in [1.29, 1.82) is 0 Å². The molecule has 0 saturated carbocycles. The van der Waals surface area contributed by atoms with Gasteiger partial charge in [0.1, 0.15) is 29.2 Å². The Morgan fingerprint density at radius 3 is 2.57 bits per heavy atom. The number of hydrogen-bond acceptors (Lipinski definition) is 11. The number of aromatic hydroxyl groups is 1. The summed E-state index contributed by atoms with van der Waals surface area (Å²) in [6, 6.07) is 18.1. The van der Waals surface area contributed by atoms with E-state index >= 15 is 8.78 Å². The summed E-state index contributed by atoms with van der Waals surface area (Å²) in [4.78, 5) is 45.7. The molecule has 60 heavy (non-hydrogen) atoms. The maximum absolute atomic E-state index is 15.0. The van der Waals surface area contributed by atoms with Crippen LogP contribution in [0.3, 0.4) is 0 Å². The maximum atomic E-state index is 15.0. The Bertz CT molecular complexity index is 2400. The van der Waals surface area contributed by atoms with E-state index in [1.807, 2.05) is 18.2 Å². The van der Waals surface area contributed by atoms with E-state index in [1.54, 1.807) is 34.1 Å². The van der Waals surface area contributed by atoms with Crippen LogP contribution in [0.1, 0.15) is 59.2 Å². The number of carbonyl (C=O) groups is 3. The topological polar surface area (TPSA) is 143 Å². The van der Waals surface area contributed by atoms with Gasteiger partial charge >= 0.3 is 0 Å². The van der Waals surface area contributed by atoms with Gasteiger partial charge in [-0.1, -0.05) is 29.8 Å². The van der Waals surface area contributed by atoms with Crippen LogP contribution in [0.4, 0.5) is 26.0 Å². The van der Waals surface area contributed by atoms with Gasteiger partial charge in [0.15, 0.2) is 5.82 Å². The molecular formula is C44H45ClF2N8O5. The highest BCUT2D eigenvalue weighted by Gasteiger charge is 2.56. The van der Waals surface area contributed by atoms with Gasteiger partial charge in [0, 0.05) is 75.5 Å². The molecule has 6 aliphatic rings. The molecular weight excluding hydrogens is 794 g/mol. The number of fused-ring (bicyclic) bond motifs is 5. The molecule has 3 fully saturated rings. The van der Waals surface area contributed by atoms with Crippen molar-refractivity contribution in [3.8, 4) is 22.8 Å². The van der Waals surface area contributed by atoms with Gasteiger partial charge in [0.25, 0.3) is 12.3 Å². The number of halogens is 3. The molecule has 13 nitrogen and oxygen atoms in total. The van der Waals surface area contributed by atoms with Crippen molar-refractivity contribution in [2.75, 3.05) is 54.4 Å². The normalized spacial score (nSPS) is 24.2. The SMILES string of the molecule is O=C1CC[C@H](N2Cc3ccc(N4CCC(CN5CCc6cc(O[C@H]7CN8c9cc(-c%10cccc(Cl)c%10O)nnc9NC[C@@]8(C(F)F)C7)ccc6C5)CC4)cc3C2=O)C(=O)N1. The number of hydrogen-bond donors (Lipinski definition) is 3. The standard InChI is InChI=1S/C44H45ClF2N8O5/c45-34-3-1-2-32(39(34)57)35-18-37-40(51-50-35)48-24-44(43(46)47)19-31(23-55(37)44)60-30-7-5-27-21-52(13-12-26(27)16-30)20-25-10-14-53(15-11-25)29-6-4-28-22-54(42(59)33(28)17-29)36-8-9-38(56)49-41(36)58/h1-7,16-18,25,31,36,43,57H,8-15,19-24H2,(H,48,51)(H,49,56,58)/t31-,36+,44-/m1/s1. The Morgan fingerprint density at radius 1 is 0.917 bits per heavy atom. The lowest BCUT2D eigenvalue weighted by molar-refractivity contribution is -0.136. The molecule has 3 saturated heterocycles. The highest BCUT2D eigenvalue weighted by atomic mass is 35.5. The number of anilines is 3. The largest absolute Gasteiger partial charge is 0.506 e. The molecule has 1 aromatic heterocycles. The number of nitrogens with one attached hydrogen (secondary N) is 2.